The third-order valence-electron chi connectivity index (χ3n) is 3.17. The van der Waals surface area contributed by atoms with Crippen molar-refractivity contribution in [3.8, 4) is 5.75 Å². The Morgan fingerprint density at radius 1 is 1.44 bits per heavy atom. The molecule has 0 saturated heterocycles. The van der Waals surface area contributed by atoms with Crippen LogP contribution in [0.5, 0.6) is 5.75 Å². The van der Waals surface area contributed by atoms with E-state index >= 15 is 0 Å². The van der Waals surface area contributed by atoms with Gasteiger partial charge in [0.15, 0.2) is 0 Å². The number of aromatic nitrogens is 1. The molecule has 1 heterocycles. The molecule has 4 heteroatoms. The molecule has 0 radical (unpaired) electrons. The van der Waals surface area contributed by atoms with Crippen LogP contribution < -0.4 is 4.74 Å². The number of fused-ring (bicyclic) bond motifs is 1. The monoisotopic (exact) mass is 247 g/mol. The van der Waals surface area contributed by atoms with Crippen LogP contribution in [0, 0.1) is 0 Å². The molecular formula is C14H17NO3. The Hall–Kier alpha value is -1.97. The fourth-order valence-electron chi connectivity index (χ4n) is 1.99. The summed E-state index contributed by atoms with van der Waals surface area (Å²) in [6.45, 7) is 5.91. The van der Waals surface area contributed by atoms with Crippen molar-refractivity contribution in [2.45, 2.75) is 26.2 Å². The van der Waals surface area contributed by atoms with Crippen molar-refractivity contribution in [3.05, 3.63) is 30.0 Å². The van der Waals surface area contributed by atoms with Crippen LogP contribution in [0.1, 0.15) is 26.3 Å². The van der Waals surface area contributed by atoms with E-state index in [9.17, 15) is 9.90 Å². The molecule has 0 saturated carbocycles. The summed E-state index contributed by atoms with van der Waals surface area (Å²) in [6.07, 6.45) is 1.76. The molecule has 1 aromatic heterocycles. The number of hydrogen-bond donors (Lipinski definition) is 2. The van der Waals surface area contributed by atoms with Gasteiger partial charge in [-0.3, -0.25) is 4.79 Å². The zero-order valence-corrected chi connectivity index (χ0v) is 10.8. The molecule has 0 unspecified atom stereocenters. The van der Waals surface area contributed by atoms with Crippen LogP contribution in [-0.2, 0) is 10.2 Å². The van der Waals surface area contributed by atoms with E-state index in [4.69, 9.17) is 4.74 Å². The van der Waals surface area contributed by atoms with Crippen molar-refractivity contribution in [2.75, 3.05) is 6.61 Å². The van der Waals surface area contributed by atoms with Gasteiger partial charge < -0.3 is 14.8 Å². The van der Waals surface area contributed by atoms with Crippen LogP contribution in [0.15, 0.2) is 24.4 Å². The summed E-state index contributed by atoms with van der Waals surface area (Å²) < 4.78 is 5.45. The summed E-state index contributed by atoms with van der Waals surface area (Å²) in [7, 11) is 0. The normalized spacial score (nSPS) is 11.7. The van der Waals surface area contributed by atoms with Gasteiger partial charge in [0.05, 0.1) is 12.0 Å². The number of carboxylic acid groups (broad SMARTS) is 1. The quantitative estimate of drug-likeness (QED) is 0.873. The highest BCUT2D eigenvalue weighted by Crippen LogP contribution is 2.32. The van der Waals surface area contributed by atoms with Crippen LogP contribution in [-0.4, -0.2) is 22.7 Å². The third kappa shape index (κ3) is 1.94. The Kier molecular flexibility index (Phi) is 3.03. The molecular weight excluding hydrogens is 230 g/mol. The van der Waals surface area contributed by atoms with Gasteiger partial charge in [-0.25, -0.2) is 0 Å². The Labute approximate surface area is 106 Å². The van der Waals surface area contributed by atoms with E-state index < -0.39 is 11.4 Å². The number of H-pyrrole nitrogens is 1. The minimum atomic E-state index is -0.927. The second kappa shape index (κ2) is 4.37. The van der Waals surface area contributed by atoms with E-state index in [0.29, 0.717) is 6.61 Å². The molecule has 0 spiro atoms. The first-order valence-electron chi connectivity index (χ1n) is 5.94. The largest absolute Gasteiger partial charge is 0.494 e. The molecule has 18 heavy (non-hydrogen) atoms. The molecule has 2 rings (SSSR count). The second-order valence-electron chi connectivity index (χ2n) is 4.77. The number of aromatic amines is 1. The number of nitrogens with one attached hydrogen (secondary N) is 1. The summed E-state index contributed by atoms with van der Waals surface area (Å²) in [4.78, 5) is 14.4. The fraction of sp³-hybridized carbons (Fsp3) is 0.357. The Bertz CT molecular complexity index is 584. The molecule has 0 bridgehead atoms. The van der Waals surface area contributed by atoms with Crippen LogP contribution in [0.4, 0.5) is 0 Å². The highest BCUT2D eigenvalue weighted by Gasteiger charge is 2.31. The van der Waals surface area contributed by atoms with Gasteiger partial charge >= 0.3 is 5.97 Å². The second-order valence-corrected chi connectivity index (χ2v) is 4.77. The van der Waals surface area contributed by atoms with Gasteiger partial charge in [0.2, 0.25) is 0 Å². The average molecular weight is 247 g/mol. The summed E-state index contributed by atoms with van der Waals surface area (Å²) in [5.41, 5.74) is 0.762. The lowest BCUT2D eigenvalue weighted by molar-refractivity contribution is -0.142. The van der Waals surface area contributed by atoms with E-state index in [-0.39, 0.29) is 0 Å². The maximum atomic E-state index is 11.3. The molecule has 0 aliphatic carbocycles. The highest BCUT2D eigenvalue weighted by molar-refractivity contribution is 5.92. The Morgan fingerprint density at radius 2 is 2.17 bits per heavy atom. The number of hydrogen-bond acceptors (Lipinski definition) is 2. The van der Waals surface area contributed by atoms with Gasteiger partial charge in [-0.05, 0) is 44.5 Å². The minimum absolute atomic E-state index is 0.591. The molecule has 4 nitrogen and oxygen atoms in total. The van der Waals surface area contributed by atoms with Gasteiger partial charge in [0, 0.05) is 17.1 Å². The molecule has 0 amide bonds. The van der Waals surface area contributed by atoms with Gasteiger partial charge in [0.25, 0.3) is 0 Å². The lowest BCUT2D eigenvalue weighted by atomic mass is 9.84. The van der Waals surface area contributed by atoms with Gasteiger partial charge in [-0.1, -0.05) is 0 Å². The molecule has 2 N–H and O–H groups in total. The van der Waals surface area contributed by atoms with E-state index in [1.165, 1.54) is 0 Å². The van der Waals surface area contributed by atoms with Crippen molar-refractivity contribution in [1.82, 2.24) is 4.98 Å². The van der Waals surface area contributed by atoms with Crippen LogP contribution in [0.3, 0.4) is 0 Å². The van der Waals surface area contributed by atoms with Crippen molar-refractivity contribution < 1.29 is 14.6 Å². The molecule has 96 valence electrons. The summed E-state index contributed by atoms with van der Waals surface area (Å²) in [6, 6.07) is 5.66. The molecule has 0 atom stereocenters. The molecule has 0 aliphatic rings. The minimum Gasteiger partial charge on any atom is -0.494 e. The number of carboxylic acids is 1. The molecule has 2 aromatic rings. The summed E-state index contributed by atoms with van der Waals surface area (Å²) >= 11 is 0. The first kappa shape index (κ1) is 12.5. The number of rotatable bonds is 4. The van der Waals surface area contributed by atoms with E-state index in [0.717, 1.165) is 22.2 Å². The van der Waals surface area contributed by atoms with Gasteiger partial charge in [-0.2, -0.15) is 0 Å². The number of aliphatic carboxylic acids is 1. The van der Waals surface area contributed by atoms with Crippen molar-refractivity contribution in [1.29, 1.82) is 0 Å². The first-order valence-corrected chi connectivity index (χ1v) is 5.94. The molecule has 0 aliphatic heterocycles. The number of ether oxygens (including phenoxy) is 1. The number of benzene rings is 1. The third-order valence-corrected chi connectivity index (χ3v) is 3.17. The zero-order chi connectivity index (χ0) is 13.3. The average Bonchev–Trinajstić information content (AvgIpc) is 2.72. The van der Waals surface area contributed by atoms with Gasteiger partial charge in [-0.15, -0.1) is 0 Å². The topological polar surface area (TPSA) is 62.3 Å². The standard InChI is InChI=1S/C14H17NO3/c1-4-18-9-5-6-12-10(7-9)11(8-15-12)14(2,3)13(16)17/h5-8,15H,4H2,1-3H3,(H,16,17). The molecule has 1 aromatic carbocycles. The highest BCUT2D eigenvalue weighted by atomic mass is 16.5. The summed E-state index contributed by atoms with van der Waals surface area (Å²) in [5, 5.41) is 10.2. The predicted octanol–water partition coefficient (Wildman–Crippen LogP) is 2.93. The Balaban J connectivity index is 2.58. The number of carbonyl (C=O) groups is 1. The maximum Gasteiger partial charge on any atom is 0.313 e. The van der Waals surface area contributed by atoms with E-state index in [2.05, 4.69) is 4.98 Å². The smallest absolute Gasteiger partial charge is 0.313 e. The van der Waals surface area contributed by atoms with E-state index in [1.807, 2.05) is 25.1 Å². The van der Waals surface area contributed by atoms with Gasteiger partial charge in [0.1, 0.15) is 5.75 Å². The Morgan fingerprint density at radius 3 is 2.78 bits per heavy atom. The lowest BCUT2D eigenvalue weighted by Gasteiger charge is -2.18. The molecule has 0 fully saturated rings. The zero-order valence-electron chi connectivity index (χ0n) is 10.8. The van der Waals surface area contributed by atoms with Crippen LogP contribution in [0.25, 0.3) is 10.9 Å². The summed E-state index contributed by atoms with van der Waals surface area (Å²) in [5.74, 6) is -0.0859. The first-order chi connectivity index (χ1) is 8.46. The van der Waals surface area contributed by atoms with Crippen LogP contribution in [0.2, 0.25) is 0 Å². The van der Waals surface area contributed by atoms with Crippen LogP contribution >= 0.6 is 0 Å². The SMILES string of the molecule is CCOc1ccc2[nH]cc(C(C)(C)C(=O)O)c2c1. The van der Waals surface area contributed by atoms with Crippen molar-refractivity contribution >= 4 is 16.9 Å². The van der Waals surface area contributed by atoms with E-state index in [1.54, 1.807) is 20.0 Å². The van der Waals surface area contributed by atoms with Crippen molar-refractivity contribution in [2.24, 2.45) is 0 Å². The predicted molar refractivity (Wildman–Crippen MR) is 70.1 cm³/mol. The van der Waals surface area contributed by atoms with Crippen molar-refractivity contribution in [3.63, 3.8) is 0 Å². The fourth-order valence-corrected chi connectivity index (χ4v) is 1.99. The maximum absolute atomic E-state index is 11.3. The lowest BCUT2D eigenvalue weighted by Crippen LogP contribution is -2.28.